The second kappa shape index (κ2) is 10.2. The normalized spacial score (nSPS) is 20.5. The standard InChI is InChI=1S/C25H29NO5/c1-16-5-4-6-23(17(16)2)26-24(28)15-30-25(29)21-9-7-19(8-10-21)20-11-13-22(14-12-20)31-18(3)27/h7-14,16-17,23H,4-6,15H2,1-3H3,(H,26,28)/t16-,17+,23+/m0/s1. The first-order chi connectivity index (χ1) is 14.8. The number of esters is 2. The monoisotopic (exact) mass is 423 g/mol. The second-order valence-corrected chi connectivity index (χ2v) is 8.21. The molecule has 0 spiro atoms. The number of benzene rings is 2. The molecule has 0 aliphatic heterocycles. The first kappa shape index (κ1) is 22.5. The number of ether oxygens (including phenoxy) is 2. The van der Waals surface area contributed by atoms with Crippen molar-refractivity contribution in [1.29, 1.82) is 0 Å². The Balaban J connectivity index is 1.52. The summed E-state index contributed by atoms with van der Waals surface area (Å²) in [4.78, 5) is 35.5. The van der Waals surface area contributed by atoms with Crippen LogP contribution in [0.15, 0.2) is 48.5 Å². The summed E-state index contributed by atoms with van der Waals surface area (Å²) in [7, 11) is 0. The number of amides is 1. The van der Waals surface area contributed by atoms with E-state index < -0.39 is 5.97 Å². The first-order valence-electron chi connectivity index (χ1n) is 10.7. The highest BCUT2D eigenvalue weighted by Gasteiger charge is 2.28. The van der Waals surface area contributed by atoms with Gasteiger partial charge in [-0.25, -0.2) is 4.79 Å². The zero-order chi connectivity index (χ0) is 22.4. The lowest BCUT2D eigenvalue weighted by Crippen LogP contribution is -2.45. The highest BCUT2D eigenvalue weighted by atomic mass is 16.5. The lowest BCUT2D eigenvalue weighted by Gasteiger charge is -2.34. The highest BCUT2D eigenvalue weighted by Crippen LogP contribution is 2.29. The van der Waals surface area contributed by atoms with Crippen LogP contribution < -0.4 is 10.1 Å². The average molecular weight is 424 g/mol. The molecule has 0 radical (unpaired) electrons. The van der Waals surface area contributed by atoms with E-state index in [4.69, 9.17) is 9.47 Å². The van der Waals surface area contributed by atoms with Crippen molar-refractivity contribution < 1.29 is 23.9 Å². The van der Waals surface area contributed by atoms with E-state index in [2.05, 4.69) is 19.2 Å². The molecule has 1 fully saturated rings. The van der Waals surface area contributed by atoms with E-state index in [1.807, 2.05) is 24.3 Å². The average Bonchev–Trinajstić information content (AvgIpc) is 2.75. The van der Waals surface area contributed by atoms with Gasteiger partial charge >= 0.3 is 11.9 Å². The third kappa shape index (κ3) is 6.17. The molecule has 164 valence electrons. The van der Waals surface area contributed by atoms with Crippen LogP contribution in [0.1, 0.15) is 50.4 Å². The number of carbonyl (C=O) groups excluding carboxylic acids is 3. The van der Waals surface area contributed by atoms with Crippen LogP contribution in [0.2, 0.25) is 0 Å². The number of rotatable bonds is 6. The molecule has 0 aromatic heterocycles. The summed E-state index contributed by atoms with van der Waals surface area (Å²) in [6.07, 6.45) is 3.26. The number of hydrogen-bond acceptors (Lipinski definition) is 5. The number of hydrogen-bond donors (Lipinski definition) is 1. The zero-order valence-corrected chi connectivity index (χ0v) is 18.2. The SMILES string of the molecule is CC(=O)Oc1ccc(-c2ccc(C(=O)OCC(=O)N[C@@H]3CCC[C@H](C)[C@H]3C)cc2)cc1. The fourth-order valence-corrected chi connectivity index (χ4v) is 3.93. The summed E-state index contributed by atoms with van der Waals surface area (Å²) in [5.41, 5.74) is 2.21. The molecular formula is C25H29NO5. The Hall–Kier alpha value is -3.15. The van der Waals surface area contributed by atoms with Crippen LogP contribution in [-0.4, -0.2) is 30.5 Å². The molecule has 31 heavy (non-hydrogen) atoms. The van der Waals surface area contributed by atoms with Crippen molar-refractivity contribution in [3.05, 3.63) is 54.1 Å². The molecule has 6 heteroatoms. The minimum absolute atomic E-state index is 0.140. The van der Waals surface area contributed by atoms with E-state index in [0.29, 0.717) is 23.1 Å². The van der Waals surface area contributed by atoms with Crippen molar-refractivity contribution in [3.63, 3.8) is 0 Å². The van der Waals surface area contributed by atoms with Crippen LogP contribution in [0.25, 0.3) is 11.1 Å². The maximum Gasteiger partial charge on any atom is 0.338 e. The van der Waals surface area contributed by atoms with Crippen molar-refractivity contribution in [2.75, 3.05) is 6.61 Å². The number of carbonyl (C=O) groups is 3. The summed E-state index contributed by atoms with van der Waals surface area (Å²) in [5.74, 6) is 0.321. The van der Waals surface area contributed by atoms with Crippen molar-refractivity contribution in [3.8, 4) is 16.9 Å². The number of nitrogens with one attached hydrogen (secondary N) is 1. The Bertz CT molecular complexity index is 920. The van der Waals surface area contributed by atoms with Crippen molar-refractivity contribution in [2.24, 2.45) is 11.8 Å². The van der Waals surface area contributed by atoms with E-state index in [1.165, 1.54) is 13.3 Å². The molecule has 0 bridgehead atoms. The Morgan fingerprint density at radius 1 is 0.935 bits per heavy atom. The molecule has 2 aromatic carbocycles. The molecule has 1 N–H and O–H groups in total. The van der Waals surface area contributed by atoms with Gasteiger partial charge in [-0.1, -0.05) is 51.0 Å². The predicted molar refractivity (Wildman–Crippen MR) is 118 cm³/mol. The maximum absolute atomic E-state index is 12.3. The van der Waals surface area contributed by atoms with Crippen LogP contribution in [-0.2, 0) is 14.3 Å². The minimum atomic E-state index is -0.531. The van der Waals surface area contributed by atoms with E-state index in [1.54, 1.807) is 24.3 Å². The van der Waals surface area contributed by atoms with Crippen molar-refractivity contribution in [1.82, 2.24) is 5.32 Å². The first-order valence-corrected chi connectivity index (χ1v) is 10.7. The van der Waals surface area contributed by atoms with Crippen LogP contribution in [0.3, 0.4) is 0 Å². The quantitative estimate of drug-likeness (QED) is 0.551. The van der Waals surface area contributed by atoms with Gasteiger partial charge in [0.25, 0.3) is 5.91 Å². The molecule has 0 saturated heterocycles. The third-order valence-electron chi connectivity index (χ3n) is 5.96. The Morgan fingerprint density at radius 2 is 1.55 bits per heavy atom. The predicted octanol–water partition coefficient (Wildman–Crippen LogP) is 4.38. The summed E-state index contributed by atoms with van der Waals surface area (Å²) in [6, 6.07) is 14.2. The Labute approximate surface area is 182 Å². The molecule has 6 nitrogen and oxygen atoms in total. The van der Waals surface area contributed by atoms with Crippen molar-refractivity contribution >= 4 is 17.8 Å². The van der Waals surface area contributed by atoms with Crippen LogP contribution >= 0.6 is 0 Å². The fraction of sp³-hybridized carbons (Fsp3) is 0.400. The van der Waals surface area contributed by atoms with Gasteiger partial charge in [-0.2, -0.15) is 0 Å². The summed E-state index contributed by atoms with van der Waals surface area (Å²) in [6.45, 7) is 5.44. The largest absolute Gasteiger partial charge is 0.452 e. The Kier molecular flexibility index (Phi) is 7.45. The van der Waals surface area contributed by atoms with E-state index in [0.717, 1.165) is 24.0 Å². The van der Waals surface area contributed by atoms with Crippen molar-refractivity contribution in [2.45, 2.75) is 46.1 Å². The van der Waals surface area contributed by atoms with Crippen LogP contribution in [0, 0.1) is 11.8 Å². The molecule has 3 atom stereocenters. The lowest BCUT2D eigenvalue weighted by molar-refractivity contribution is -0.132. The van der Waals surface area contributed by atoms with Gasteiger partial charge in [0.2, 0.25) is 0 Å². The molecule has 1 aliphatic rings. The fourth-order valence-electron chi connectivity index (χ4n) is 3.93. The lowest BCUT2D eigenvalue weighted by atomic mass is 9.78. The molecule has 1 amide bonds. The van der Waals surface area contributed by atoms with Crippen LogP contribution in [0.5, 0.6) is 5.75 Å². The third-order valence-corrected chi connectivity index (χ3v) is 5.96. The summed E-state index contributed by atoms with van der Waals surface area (Å²) in [5, 5.41) is 3.01. The van der Waals surface area contributed by atoms with Gasteiger partial charge in [-0.05, 0) is 53.6 Å². The van der Waals surface area contributed by atoms with E-state index in [9.17, 15) is 14.4 Å². The van der Waals surface area contributed by atoms with Gasteiger partial charge in [0.05, 0.1) is 5.56 Å². The molecule has 2 aromatic rings. The van der Waals surface area contributed by atoms with Gasteiger partial charge in [-0.3, -0.25) is 9.59 Å². The van der Waals surface area contributed by atoms with Gasteiger partial charge < -0.3 is 14.8 Å². The zero-order valence-electron chi connectivity index (χ0n) is 18.2. The second-order valence-electron chi connectivity index (χ2n) is 8.21. The molecule has 0 unspecified atom stereocenters. The molecular weight excluding hydrogens is 394 g/mol. The summed E-state index contributed by atoms with van der Waals surface area (Å²) >= 11 is 0. The molecule has 3 rings (SSSR count). The van der Waals surface area contributed by atoms with Gasteiger partial charge in [0, 0.05) is 13.0 Å². The highest BCUT2D eigenvalue weighted by molar-refractivity contribution is 5.92. The minimum Gasteiger partial charge on any atom is -0.452 e. The maximum atomic E-state index is 12.3. The van der Waals surface area contributed by atoms with Crippen LogP contribution in [0.4, 0.5) is 0 Å². The van der Waals surface area contributed by atoms with Gasteiger partial charge in [-0.15, -0.1) is 0 Å². The molecule has 1 aliphatic carbocycles. The smallest absolute Gasteiger partial charge is 0.338 e. The van der Waals surface area contributed by atoms with Gasteiger partial charge in [0.1, 0.15) is 5.75 Å². The summed E-state index contributed by atoms with van der Waals surface area (Å²) < 4.78 is 10.2. The Morgan fingerprint density at radius 3 is 2.16 bits per heavy atom. The van der Waals surface area contributed by atoms with Gasteiger partial charge in [0.15, 0.2) is 6.61 Å². The molecule has 1 saturated carbocycles. The van der Waals surface area contributed by atoms with E-state index >= 15 is 0 Å². The topological polar surface area (TPSA) is 81.7 Å². The molecule has 0 heterocycles. The van der Waals surface area contributed by atoms with E-state index in [-0.39, 0.29) is 24.5 Å².